The number of nitrogen functional groups attached to an aromatic ring is 1. The number of benzene rings is 1. The fraction of sp³-hybridized carbons (Fsp3) is 0.467. The minimum Gasteiger partial charge on any atom is -0.398 e. The van der Waals surface area contributed by atoms with E-state index in [1.807, 2.05) is 6.92 Å². The van der Waals surface area contributed by atoms with Crippen LogP contribution in [0.1, 0.15) is 22.3 Å². The van der Waals surface area contributed by atoms with E-state index in [0.717, 1.165) is 5.56 Å². The quantitative estimate of drug-likeness (QED) is 0.794. The van der Waals surface area contributed by atoms with E-state index in [0.29, 0.717) is 50.5 Å². The molecule has 1 saturated heterocycles. The van der Waals surface area contributed by atoms with Crippen LogP contribution in [-0.2, 0) is 9.53 Å². The molecule has 1 aliphatic heterocycles. The van der Waals surface area contributed by atoms with Gasteiger partial charge in [0.15, 0.2) is 0 Å². The van der Waals surface area contributed by atoms with Crippen molar-refractivity contribution in [1.82, 2.24) is 10.2 Å². The van der Waals surface area contributed by atoms with Crippen LogP contribution in [0.2, 0.25) is 0 Å². The molecule has 6 heteroatoms. The number of hydrogen-bond donors (Lipinski definition) is 2. The lowest BCUT2D eigenvalue weighted by Crippen LogP contribution is -2.42. The van der Waals surface area contributed by atoms with Gasteiger partial charge in [-0.05, 0) is 24.6 Å². The number of morpholine rings is 1. The third kappa shape index (κ3) is 3.95. The monoisotopic (exact) mass is 291 g/mol. The smallest absolute Gasteiger partial charge is 0.251 e. The number of carbonyl (C=O) groups excluding carboxylic acids is 2. The topological polar surface area (TPSA) is 84.7 Å². The summed E-state index contributed by atoms with van der Waals surface area (Å²) < 4.78 is 5.20. The van der Waals surface area contributed by atoms with E-state index in [2.05, 4.69) is 5.32 Å². The van der Waals surface area contributed by atoms with Crippen LogP contribution in [0, 0.1) is 6.92 Å². The third-order valence-electron chi connectivity index (χ3n) is 3.61. The Morgan fingerprint density at radius 2 is 2.05 bits per heavy atom. The fourth-order valence-corrected chi connectivity index (χ4v) is 2.25. The van der Waals surface area contributed by atoms with Crippen LogP contribution in [0.4, 0.5) is 5.69 Å². The van der Waals surface area contributed by atoms with Crippen molar-refractivity contribution in [1.29, 1.82) is 0 Å². The minimum atomic E-state index is -0.199. The first-order valence-electron chi connectivity index (χ1n) is 7.08. The van der Waals surface area contributed by atoms with Crippen LogP contribution in [0.5, 0.6) is 0 Å². The molecule has 0 aromatic heterocycles. The molecule has 1 heterocycles. The maximum Gasteiger partial charge on any atom is 0.251 e. The third-order valence-corrected chi connectivity index (χ3v) is 3.61. The second-order valence-corrected chi connectivity index (χ2v) is 5.02. The zero-order valence-corrected chi connectivity index (χ0v) is 12.2. The Labute approximate surface area is 124 Å². The van der Waals surface area contributed by atoms with Gasteiger partial charge < -0.3 is 20.7 Å². The lowest BCUT2D eigenvalue weighted by atomic mass is 10.1. The van der Waals surface area contributed by atoms with E-state index in [9.17, 15) is 9.59 Å². The summed E-state index contributed by atoms with van der Waals surface area (Å²) in [4.78, 5) is 25.8. The van der Waals surface area contributed by atoms with E-state index in [1.165, 1.54) is 0 Å². The van der Waals surface area contributed by atoms with Gasteiger partial charge in [0.05, 0.1) is 13.2 Å². The molecule has 114 valence electrons. The van der Waals surface area contributed by atoms with Crippen molar-refractivity contribution in [2.75, 3.05) is 38.6 Å². The highest BCUT2D eigenvalue weighted by molar-refractivity contribution is 5.97. The maximum atomic E-state index is 12.1. The van der Waals surface area contributed by atoms with Gasteiger partial charge >= 0.3 is 0 Å². The summed E-state index contributed by atoms with van der Waals surface area (Å²) in [5, 5.41) is 2.76. The fourth-order valence-electron chi connectivity index (χ4n) is 2.25. The molecule has 0 spiro atoms. The van der Waals surface area contributed by atoms with E-state index < -0.39 is 0 Å². The molecule has 2 amide bonds. The lowest BCUT2D eigenvalue weighted by Gasteiger charge is -2.26. The maximum absolute atomic E-state index is 12.1. The molecule has 1 fully saturated rings. The van der Waals surface area contributed by atoms with Gasteiger partial charge in [-0.3, -0.25) is 9.59 Å². The molecular weight excluding hydrogens is 270 g/mol. The largest absolute Gasteiger partial charge is 0.398 e. The predicted octanol–water partition coefficient (Wildman–Crippen LogP) is 0.556. The summed E-state index contributed by atoms with van der Waals surface area (Å²) in [6.07, 6.45) is 0.299. The summed E-state index contributed by atoms with van der Waals surface area (Å²) in [7, 11) is 0. The molecule has 1 aromatic rings. The number of ether oxygens (including phenoxy) is 1. The van der Waals surface area contributed by atoms with Crippen molar-refractivity contribution >= 4 is 17.5 Å². The molecule has 21 heavy (non-hydrogen) atoms. The summed E-state index contributed by atoms with van der Waals surface area (Å²) in [6.45, 7) is 4.55. The van der Waals surface area contributed by atoms with Gasteiger partial charge in [0.1, 0.15) is 0 Å². The molecule has 0 saturated carbocycles. The van der Waals surface area contributed by atoms with Crippen molar-refractivity contribution in [2.24, 2.45) is 0 Å². The number of anilines is 1. The van der Waals surface area contributed by atoms with Gasteiger partial charge in [-0.15, -0.1) is 0 Å². The number of rotatable bonds is 4. The Morgan fingerprint density at radius 1 is 1.33 bits per heavy atom. The average Bonchev–Trinajstić information content (AvgIpc) is 2.50. The van der Waals surface area contributed by atoms with Crippen molar-refractivity contribution in [3.05, 3.63) is 29.3 Å². The zero-order valence-electron chi connectivity index (χ0n) is 12.2. The number of hydrogen-bond acceptors (Lipinski definition) is 4. The minimum absolute atomic E-state index is 0.0443. The van der Waals surface area contributed by atoms with E-state index in [1.54, 1.807) is 23.1 Å². The van der Waals surface area contributed by atoms with E-state index in [-0.39, 0.29) is 11.8 Å². The van der Waals surface area contributed by atoms with Crippen LogP contribution < -0.4 is 11.1 Å². The Balaban J connectivity index is 1.81. The molecule has 2 rings (SSSR count). The average molecular weight is 291 g/mol. The molecule has 0 atom stereocenters. The first-order valence-corrected chi connectivity index (χ1v) is 7.08. The highest BCUT2D eigenvalue weighted by Gasteiger charge is 2.17. The highest BCUT2D eigenvalue weighted by atomic mass is 16.5. The van der Waals surface area contributed by atoms with Crippen molar-refractivity contribution < 1.29 is 14.3 Å². The predicted molar refractivity (Wildman–Crippen MR) is 79.9 cm³/mol. The van der Waals surface area contributed by atoms with Gasteiger partial charge in [-0.25, -0.2) is 0 Å². The lowest BCUT2D eigenvalue weighted by molar-refractivity contribution is -0.135. The van der Waals surface area contributed by atoms with E-state index in [4.69, 9.17) is 10.5 Å². The highest BCUT2D eigenvalue weighted by Crippen LogP contribution is 2.15. The number of carbonyl (C=O) groups is 2. The molecule has 3 N–H and O–H groups in total. The van der Waals surface area contributed by atoms with Crippen LogP contribution in [-0.4, -0.2) is 49.6 Å². The van der Waals surface area contributed by atoms with Crippen LogP contribution in [0.15, 0.2) is 18.2 Å². The first-order chi connectivity index (χ1) is 10.1. The normalized spacial score (nSPS) is 14.8. The molecule has 0 unspecified atom stereocenters. The van der Waals surface area contributed by atoms with Gasteiger partial charge in [0.25, 0.3) is 5.91 Å². The molecule has 0 radical (unpaired) electrons. The number of nitrogens with zero attached hydrogens (tertiary/aromatic N) is 1. The second kappa shape index (κ2) is 7.08. The summed E-state index contributed by atoms with van der Waals surface area (Å²) in [5.74, 6) is -0.155. The first kappa shape index (κ1) is 15.3. The van der Waals surface area contributed by atoms with Gasteiger partial charge in [-0.2, -0.15) is 0 Å². The zero-order chi connectivity index (χ0) is 15.2. The molecule has 1 aromatic carbocycles. The Hall–Kier alpha value is -2.08. The summed E-state index contributed by atoms with van der Waals surface area (Å²) in [5.41, 5.74) is 7.68. The number of nitrogens with two attached hydrogens (primary N) is 1. The standard InChI is InChI=1S/C15H21N3O3/c1-11-12(3-2-4-13(11)16)15(20)17-6-5-14(19)18-7-9-21-10-8-18/h2-4H,5-10,16H2,1H3,(H,17,20). The Kier molecular flexibility index (Phi) is 5.16. The van der Waals surface area contributed by atoms with Crippen molar-refractivity contribution in [3.63, 3.8) is 0 Å². The number of nitrogens with one attached hydrogen (secondary N) is 1. The van der Waals surface area contributed by atoms with Gasteiger partial charge in [0, 0.05) is 37.3 Å². The second-order valence-electron chi connectivity index (χ2n) is 5.02. The molecule has 0 aliphatic carbocycles. The van der Waals surface area contributed by atoms with Crippen molar-refractivity contribution in [3.8, 4) is 0 Å². The number of amides is 2. The van der Waals surface area contributed by atoms with Crippen LogP contribution in [0.3, 0.4) is 0 Å². The van der Waals surface area contributed by atoms with Gasteiger partial charge in [0.2, 0.25) is 5.91 Å². The molecular formula is C15H21N3O3. The summed E-state index contributed by atoms with van der Waals surface area (Å²) >= 11 is 0. The summed E-state index contributed by atoms with van der Waals surface area (Å²) in [6, 6.07) is 5.23. The Morgan fingerprint density at radius 3 is 2.76 bits per heavy atom. The van der Waals surface area contributed by atoms with Crippen LogP contribution >= 0.6 is 0 Å². The van der Waals surface area contributed by atoms with Crippen LogP contribution in [0.25, 0.3) is 0 Å². The van der Waals surface area contributed by atoms with Crippen molar-refractivity contribution in [2.45, 2.75) is 13.3 Å². The Bertz CT molecular complexity index is 525. The van der Waals surface area contributed by atoms with Gasteiger partial charge in [-0.1, -0.05) is 6.07 Å². The molecule has 6 nitrogen and oxygen atoms in total. The molecule has 0 bridgehead atoms. The molecule has 1 aliphatic rings. The SMILES string of the molecule is Cc1c(N)cccc1C(=O)NCCC(=O)N1CCOCC1. The van der Waals surface area contributed by atoms with E-state index >= 15 is 0 Å².